The molecule has 3 rings (SSSR count). The molecule has 1 aromatic heterocycles. The molecule has 3 nitrogen and oxygen atoms in total. The number of para-hydroxylation sites is 1. The second-order valence-corrected chi connectivity index (χ2v) is 6.53. The molecule has 0 amide bonds. The van der Waals surface area contributed by atoms with Crippen LogP contribution >= 0.6 is 11.6 Å². The van der Waals surface area contributed by atoms with Gasteiger partial charge in [0.05, 0.1) is 11.0 Å². The normalized spacial score (nSPS) is 20.2. The van der Waals surface area contributed by atoms with Crippen LogP contribution in [0.4, 0.5) is 0 Å². The van der Waals surface area contributed by atoms with Gasteiger partial charge in [-0.1, -0.05) is 18.6 Å². The van der Waals surface area contributed by atoms with Crippen LogP contribution in [0.1, 0.15) is 30.7 Å². The van der Waals surface area contributed by atoms with E-state index in [2.05, 4.69) is 41.6 Å². The highest BCUT2D eigenvalue weighted by molar-refractivity contribution is 6.17. The number of aromatic nitrogens is 2. The zero-order chi connectivity index (χ0) is 14.8. The molecule has 0 N–H and O–H groups in total. The lowest BCUT2D eigenvalue weighted by Gasteiger charge is -2.33. The van der Waals surface area contributed by atoms with Gasteiger partial charge in [-0.3, -0.25) is 0 Å². The first kappa shape index (κ1) is 14.9. The Bertz CT molecular complexity index is 620. The van der Waals surface area contributed by atoms with Gasteiger partial charge in [0, 0.05) is 24.9 Å². The molecule has 1 atom stereocenters. The lowest BCUT2D eigenvalue weighted by molar-refractivity contribution is 0.167. The van der Waals surface area contributed by atoms with E-state index < -0.39 is 0 Å². The second kappa shape index (κ2) is 6.37. The fourth-order valence-electron chi connectivity index (χ4n) is 3.40. The molecule has 1 fully saturated rings. The molecule has 21 heavy (non-hydrogen) atoms. The summed E-state index contributed by atoms with van der Waals surface area (Å²) in [5.74, 6) is 1.76. The van der Waals surface area contributed by atoms with E-state index in [0.717, 1.165) is 24.3 Å². The molecule has 1 aromatic carbocycles. The van der Waals surface area contributed by atoms with Crippen LogP contribution in [0.3, 0.4) is 0 Å². The minimum absolute atomic E-state index is 0.616. The second-order valence-electron chi connectivity index (χ2n) is 6.15. The minimum Gasteiger partial charge on any atom is -0.326 e. The van der Waals surface area contributed by atoms with E-state index in [0.29, 0.717) is 11.9 Å². The van der Waals surface area contributed by atoms with Crippen molar-refractivity contribution in [3.05, 3.63) is 29.6 Å². The number of nitrogens with zero attached hydrogens (tertiary/aromatic N) is 3. The Morgan fingerprint density at radius 3 is 2.95 bits per heavy atom. The molecule has 1 unspecified atom stereocenters. The summed E-state index contributed by atoms with van der Waals surface area (Å²) in [7, 11) is 2.25. The van der Waals surface area contributed by atoms with E-state index in [4.69, 9.17) is 16.6 Å². The predicted molar refractivity (Wildman–Crippen MR) is 89.2 cm³/mol. The fraction of sp³-hybridized carbons (Fsp3) is 0.588. The summed E-state index contributed by atoms with van der Waals surface area (Å²) in [6.45, 7) is 4.38. The summed E-state index contributed by atoms with van der Waals surface area (Å²) in [4.78, 5) is 7.35. The van der Waals surface area contributed by atoms with Gasteiger partial charge in [-0.2, -0.15) is 0 Å². The van der Waals surface area contributed by atoms with Crippen LogP contribution in [0.25, 0.3) is 11.0 Å². The first-order valence-electron chi connectivity index (χ1n) is 7.91. The Kier molecular flexibility index (Phi) is 4.51. The molecule has 0 saturated carbocycles. The zero-order valence-corrected chi connectivity index (χ0v) is 13.7. The highest BCUT2D eigenvalue weighted by Crippen LogP contribution is 2.24. The molecule has 0 aliphatic carbocycles. The summed E-state index contributed by atoms with van der Waals surface area (Å²) in [6, 6.07) is 7.07. The number of aryl methyl sites for hydroxylation is 2. The Hall–Kier alpha value is -1.06. The Morgan fingerprint density at radius 1 is 1.33 bits per heavy atom. The van der Waals surface area contributed by atoms with Gasteiger partial charge in [-0.05, 0) is 45.0 Å². The smallest absolute Gasteiger partial charge is 0.111 e. The molecule has 1 saturated heterocycles. The number of halogens is 1. The number of hydrogen-bond donors (Lipinski definition) is 0. The Balaban J connectivity index is 1.98. The SMILES string of the molecule is Cc1cccc2c1nc(CCCl)n2CC1CCCCN1C. The maximum atomic E-state index is 5.98. The zero-order valence-electron chi connectivity index (χ0n) is 13.0. The molecular weight excluding hydrogens is 282 g/mol. The van der Waals surface area contributed by atoms with Gasteiger partial charge in [-0.25, -0.2) is 4.98 Å². The lowest BCUT2D eigenvalue weighted by Crippen LogP contribution is -2.39. The fourth-order valence-corrected chi connectivity index (χ4v) is 3.57. The molecule has 0 radical (unpaired) electrons. The standard InChI is InChI=1S/C17H24ClN3/c1-13-6-5-8-15-17(13)19-16(9-10-18)21(15)12-14-7-3-4-11-20(14)2/h5-6,8,14H,3-4,7,9-12H2,1-2H3. The number of alkyl halides is 1. The maximum Gasteiger partial charge on any atom is 0.111 e. The molecule has 4 heteroatoms. The van der Waals surface area contributed by atoms with Crippen molar-refractivity contribution < 1.29 is 0 Å². The van der Waals surface area contributed by atoms with Crippen molar-refractivity contribution in [2.24, 2.45) is 0 Å². The molecule has 1 aliphatic heterocycles. The highest BCUT2D eigenvalue weighted by Gasteiger charge is 2.22. The van der Waals surface area contributed by atoms with Crippen LogP contribution in [0.15, 0.2) is 18.2 Å². The van der Waals surface area contributed by atoms with Gasteiger partial charge in [0.2, 0.25) is 0 Å². The molecule has 0 spiro atoms. The number of imidazole rings is 1. The number of likely N-dealkylation sites (N-methyl/N-ethyl adjacent to an activating group) is 1. The highest BCUT2D eigenvalue weighted by atomic mass is 35.5. The van der Waals surface area contributed by atoms with Gasteiger partial charge in [0.1, 0.15) is 5.82 Å². The average molecular weight is 306 g/mol. The van der Waals surface area contributed by atoms with Crippen molar-refractivity contribution in [2.75, 3.05) is 19.5 Å². The Labute approximate surface area is 131 Å². The van der Waals surface area contributed by atoms with Gasteiger partial charge < -0.3 is 9.47 Å². The number of hydrogen-bond acceptors (Lipinski definition) is 2. The van der Waals surface area contributed by atoms with E-state index in [1.807, 2.05) is 0 Å². The van der Waals surface area contributed by atoms with E-state index in [9.17, 15) is 0 Å². The van der Waals surface area contributed by atoms with Crippen molar-refractivity contribution in [3.8, 4) is 0 Å². The van der Waals surface area contributed by atoms with Crippen LogP contribution in [-0.4, -0.2) is 40.0 Å². The first-order chi connectivity index (χ1) is 10.2. The molecule has 2 heterocycles. The minimum atomic E-state index is 0.616. The van der Waals surface area contributed by atoms with Gasteiger partial charge >= 0.3 is 0 Å². The number of piperidine rings is 1. The molecule has 0 bridgehead atoms. The Morgan fingerprint density at radius 2 is 2.19 bits per heavy atom. The summed E-state index contributed by atoms with van der Waals surface area (Å²) >= 11 is 5.98. The van der Waals surface area contributed by atoms with Gasteiger partial charge in [-0.15, -0.1) is 11.6 Å². The maximum absolute atomic E-state index is 5.98. The third kappa shape index (κ3) is 2.95. The third-order valence-electron chi connectivity index (χ3n) is 4.69. The first-order valence-corrected chi connectivity index (χ1v) is 8.45. The van der Waals surface area contributed by atoms with Crippen molar-refractivity contribution >= 4 is 22.6 Å². The number of rotatable bonds is 4. The molecule has 114 valence electrons. The van der Waals surface area contributed by atoms with E-state index >= 15 is 0 Å². The van der Waals surface area contributed by atoms with Crippen LogP contribution in [-0.2, 0) is 13.0 Å². The number of likely N-dealkylation sites (tertiary alicyclic amines) is 1. The van der Waals surface area contributed by atoms with Crippen molar-refractivity contribution in [3.63, 3.8) is 0 Å². The van der Waals surface area contributed by atoms with E-state index in [-0.39, 0.29) is 0 Å². The topological polar surface area (TPSA) is 21.1 Å². The molecule has 2 aromatic rings. The largest absolute Gasteiger partial charge is 0.326 e. The predicted octanol–water partition coefficient (Wildman–Crippen LogP) is 3.61. The third-order valence-corrected chi connectivity index (χ3v) is 4.88. The summed E-state index contributed by atoms with van der Waals surface area (Å²) < 4.78 is 2.40. The lowest BCUT2D eigenvalue weighted by atomic mass is 10.0. The van der Waals surface area contributed by atoms with Crippen molar-refractivity contribution in [1.82, 2.24) is 14.5 Å². The van der Waals surface area contributed by atoms with Crippen LogP contribution in [0.5, 0.6) is 0 Å². The van der Waals surface area contributed by atoms with E-state index in [1.165, 1.54) is 36.9 Å². The number of benzene rings is 1. The van der Waals surface area contributed by atoms with Gasteiger partial charge in [0.15, 0.2) is 0 Å². The van der Waals surface area contributed by atoms with Gasteiger partial charge in [0.25, 0.3) is 0 Å². The van der Waals surface area contributed by atoms with Crippen LogP contribution in [0.2, 0.25) is 0 Å². The summed E-state index contributed by atoms with van der Waals surface area (Å²) in [6.07, 6.45) is 4.78. The average Bonchev–Trinajstić information content (AvgIpc) is 2.82. The number of fused-ring (bicyclic) bond motifs is 1. The summed E-state index contributed by atoms with van der Waals surface area (Å²) in [5.41, 5.74) is 3.64. The molecule has 1 aliphatic rings. The quantitative estimate of drug-likeness (QED) is 0.805. The van der Waals surface area contributed by atoms with Crippen LogP contribution in [0, 0.1) is 6.92 Å². The van der Waals surface area contributed by atoms with Crippen molar-refractivity contribution in [2.45, 2.75) is 45.2 Å². The molecular formula is C17H24ClN3. The van der Waals surface area contributed by atoms with Crippen molar-refractivity contribution in [1.29, 1.82) is 0 Å². The monoisotopic (exact) mass is 305 g/mol. The van der Waals surface area contributed by atoms with E-state index in [1.54, 1.807) is 0 Å². The summed E-state index contributed by atoms with van der Waals surface area (Å²) in [5, 5.41) is 0. The van der Waals surface area contributed by atoms with Crippen LogP contribution < -0.4 is 0 Å².